The topological polar surface area (TPSA) is 70.9 Å². The first-order valence-corrected chi connectivity index (χ1v) is 7.32. The van der Waals surface area contributed by atoms with Gasteiger partial charge in [-0.05, 0) is 30.4 Å². The van der Waals surface area contributed by atoms with Crippen molar-refractivity contribution in [1.82, 2.24) is 10.3 Å². The largest absolute Gasteiger partial charge is 0.361 e. The van der Waals surface area contributed by atoms with Gasteiger partial charge in [-0.2, -0.15) is 0 Å². The number of nitrogens with one attached hydrogen (secondary N) is 2. The monoisotopic (exact) mass is 271 g/mol. The van der Waals surface area contributed by atoms with Gasteiger partial charge in [0.1, 0.15) is 0 Å². The first kappa shape index (κ1) is 13.2. The van der Waals surface area contributed by atoms with E-state index in [1.807, 2.05) is 24.4 Å². The Labute approximate surface area is 118 Å². The van der Waals surface area contributed by atoms with Crippen molar-refractivity contribution in [3.63, 3.8) is 0 Å². The zero-order valence-corrected chi connectivity index (χ0v) is 11.6. The lowest BCUT2D eigenvalue weighted by molar-refractivity contribution is -0.122. The van der Waals surface area contributed by atoms with Gasteiger partial charge in [-0.15, -0.1) is 0 Å². The molecule has 1 heterocycles. The molecular formula is C16H21N3O. The van der Waals surface area contributed by atoms with Gasteiger partial charge in [0, 0.05) is 23.6 Å². The maximum Gasteiger partial charge on any atom is 0.237 e. The fraction of sp³-hybridized carbons (Fsp3) is 0.438. The average molecular weight is 271 g/mol. The molecule has 1 aromatic carbocycles. The summed E-state index contributed by atoms with van der Waals surface area (Å²) >= 11 is 0. The second-order valence-electron chi connectivity index (χ2n) is 5.69. The van der Waals surface area contributed by atoms with Crippen LogP contribution < -0.4 is 11.1 Å². The predicted molar refractivity (Wildman–Crippen MR) is 80.3 cm³/mol. The van der Waals surface area contributed by atoms with Crippen LogP contribution in [0.4, 0.5) is 0 Å². The Kier molecular flexibility index (Phi) is 3.74. The van der Waals surface area contributed by atoms with Gasteiger partial charge < -0.3 is 16.0 Å². The van der Waals surface area contributed by atoms with Crippen LogP contribution in [-0.4, -0.2) is 23.5 Å². The molecular weight excluding hydrogens is 250 g/mol. The van der Waals surface area contributed by atoms with Crippen molar-refractivity contribution in [3.8, 4) is 0 Å². The van der Waals surface area contributed by atoms with Crippen LogP contribution in [0.2, 0.25) is 0 Å². The second kappa shape index (κ2) is 5.67. The molecule has 1 amide bonds. The van der Waals surface area contributed by atoms with Gasteiger partial charge in [0.2, 0.25) is 5.91 Å². The third-order valence-electron chi connectivity index (χ3n) is 4.00. The highest BCUT2D eigenvalue weighted by atomic mass is 16.2. The van der Waals surface area contributed by atoms with Crippen molar-refractivity contribution < 1.29 is 4.79 Å². The number of nitrogens with two attached hydrogens (primary N) is 1. The van der Waals surface area contributed by atoms with Crippen molar-refractivity contribution in [2.24, 2.45) is 11.7 Å². The summed E-state index contributed by atoms with van der Waals surface area (Å²) in [6.07, 6.45) is 6.24. The fourth-order valence-corrected chi connectivity index (χ4v) is 2.57. The maximum absolute atomic E-state index is 12.0. The number of aromatic nitrogens is 1. The van der Waals surface area contributed by atoms with E-state index in [0.29, 0.717) is 6.42 Å². The summed E-state index contributed by atoms with van der Waals surface area (Å²) in [5.74, 6) is 0.788. The highest BCUT2D eigenvalue weighted by Gasteiger charge is 2.21. The molecule has 1 saturated carbocycles. The Morgan fingerprint density at radius 1 is 1.40 bits per heavy atom. The zero-order chi connectivity index (χ0) is 13.9. The Bertz CT molecular complexity index is 601. The molecule has 0 aliphatic heterocycles. The Morgan fingerprint density at radius 2 is 2.20 bits per heavy atom. The van der Waals surface area contributed by atoms with E-state index in [-0.39, 0.29) is 5.91 Å². The van der Waals surface area contributed by atoms with Crippen LogP contribution in [0.1, 0.15) is 24.8 Å². The highest BCUT2D eigenvalue weighted by molar-refractivity contribution is 5.86. The van der Waals surface area contributed by atoms with Gasteiger partial charge in [-0.1, -0.05) is 31.0 Å². The molecule has 0 radical (unpaired) electrons. The fourth-order valence-electron chi connectivity index (χ4n) is 2.57. The molecule has 20 heavy (non-hydrogen) atoms. The van der Waals surface area contributed by atoms with Crippen molar-refractivity contribution in [2.45, 2.75) is 31.7 Å². The molecule has 2 aromatic rings. The standard InChI is InChI=1S/C16H21N3O/c17-14(16(20)18-8-7-11-5-6-11)9-12-10-19-15-4-2-1-3-13(12)15/h1-4,10-11,14,19H,5-9,17H2,(H,18,20). The number of carbonyl (C=O) groups excluding carboxylic acids is 1. The molecule has 106 valence electrons. The normalized spacial score (nSPS) is 16.2. The number of carbonyl (C=O) groups is 1. The lowest BCUT2D eigenvalue weighted by atomic mass is 10.1. The van der Waals surface area contributed by atoms with Crippen LogP contribution in [-0.2, 0) is 11.2 Å². The van der Waals surface area contributed by atoms with Crippen LogP contribution in [0.5, 0.6) is 0 Å². The summed E-state index contributed by atoms with van der Waals surface area (Å²) in [5, 5.41) is 4.09. The van der Waals surface area contributed by atoms with Gasteiger partial charge in [0.05, 0.1) is 6.04 Å². The number of benzene rings is 1. The molecule has 1 unspecified atom stereocenters. The molecule has 4 N–H and O–H groups in total. The number of hydrogen-bond donors (Lipinski definition) is 3. The van der Waals surface area contributed by atoms with Crippen molar-refractivity contribution >= 4 is 16.8 Å². The molecule has 1 fully saturated rings. The predicted octanol–water partition coefficient (Wildman–Crippen LogP) is 1.95. The van der Waals surface area contributed by atoms with Gasteiger partial charge in [-0.25, -0.2) is 0 Å². The molecule has 1 aliphatic rings. The first-order chi connectivity index (χ1) is 9.74. The highest BCUT2D eigenvalue weighted by Crippen LogP contribution is 2.31. The lowest BCUT2D eigenvalue weighted by Gasteiger charge is -2.11. The summed E-state index contributed by atoms with van der Waals surface area (Å²) in [5.41, 5.74) is 8.20. The SMILES string of the molecule is NC(Cc1c[nH]c2ccccc12)C(=O)NCCC1CC1. The van der Waals surface area contributed by atoms with Crippen LogP contribution >= 0.6 is 0 Å². The summed E-state index contributed by atoms with van der Waals surface area (Å²) in [6, 6.07) is 7.60. The number of aromatic amines is 1. The Hall–Kier alpha value is -1.81. The summed E-state index contributed by atoms with van der Waals surface area (Å²) in [7, 11) is 0. The number of fused-ring (bicyclic) bond motifs is 1. The summed E-state index contributed by atoms with van der Waals surface area (Å²) in [4.78, 5) is 15.2. The molecule has 1 aliphatic carbocycles. The molecule has 0 saturated heterocycles. The van der Waals surface area contributed by atoms with E-state index in [1.165, 1.54) is 12.8 Å². The van der Waals surface area contributed by atoms with Gasteiger partial charge in [-0.3, -0.25) is 4.79 Å². The molecule has 4 nitrogen and oxygen atoms in total. The van der Waals surface area contributed by atoms with E-state index in [0.717, 1.165) is 35.3 Å². The Balaban J connectivity index is 1.56. The van der Waals surface area contributed by atoms with E-state index in [2.05, 4.69) is 16.4 Å². The van der Waals surface area contributed by atoms with Gasteiger partial charge in [0.25, 0.3) is 0 Å². The lowest BCUT2D eigenvalue weighted by Crippen LogP contribution is -2.42. The quantitative estimate of drug-likeness (QED) is 0.751. The first-order valence-electron chi connectivity index (χ1n) is 7.32. The number of amides is 1. The number of para-hydroxylation sites is 1. The minimum atomic E-state index is -0.478. The van der Waals surface area contributed by atoms with E-state index in [9.17, 15) is 4.79 Å². The van der Waals surface area contributed by atoms with Gasteiger partial charge in [0.15, 0.2) is 0 Å². The van der Waals surface area contributed by atoms with E-state index in [4.69, 9.17) is 5.73 Å². The Morgan fingerprint density at radius 3 is 3.00 bits per heavy atom. The zero-order valence-electron chi connectivity index (χ0n) is 11.6. The van der Waals surface area contributed by atoms with Crippen LogP contribution in [0.15, 0.2) is 30.5 Å². The smallest absolute Gasteiger partial charge is 0.237 e. The van der Waals surface area contributed by atoms with E-state index < -0.39 is 6.04 Å². The summed E-state index contributed by atoms with van der Waals surface area (Å²) < 4.78 is 0. The number of H-pyrrole nitrogens is 1. The van der Waals surface area contributed by atoms with E-state index >= 15 is 0 Å². The van der Waals surface area contributed by atoms with Gasteiger partial charge >= 0.3 is 0 Å². The van der Waals surface area contributed by atoms with Crippen LogP contribution in [0.3, 0.4) is 0 Å². The minimum Gasteiger partial charge on any atom is -0.361 e. The third-order valence-corrected chi connectivity index (χ3v) is 4.00. The second-order valence-corrected chi connectivity index (χ2v) is 5.69. The number of hydrogen-bond acceptors (Lipinski definition) is 2. The molecule has 3 rings (SSSR count). The molecule has 0 spiro atoms. The van der Waals surface area contributed by atoms with Crippen molar-refractivity contribution in [2.75, 3.05) is 6.54 Å². The molecule has 1 aromatic heterocycles. The van der Waals surface area contributed by atoms with Crippen molar-refractivity contribution in [1.29, 1.82) is 0 Å². The third kappa shape index (κ3) is 3.02. The van der Waals surface area contributed by atoms with Crippen LogP contribution in [0, 0.1) is 5.92 Å². The molecule has 0 bridgehead atoms. The maximum atomic E-state index is 12.0. The molecule has 4 heteroatoms. The van der Waals surface area contributed by atoms with Crippen molar-refractivity contribution in [3.05, 3.63) is 36.0 Å². The minimum absolute atomic E-state index is 0.0454. The van der Waals surface area contributed by atoms with Crippen LogP contribution in [0.25, 0.3) is 10.9 Å². The van der Waals surface area contributed by atoms with E-state index in [1.54, 1.807) is 0 Å². The average Bonchev–Trinajstić information content (AvgIpc) is 3.20. The summed E-state index contributed by atoms with van der Waals surface area (Å²) in [6.45, 7) is 0.755. The number of rotatable bonds is 6. The molecule has 1 atom stereocenters.